The topological polar surface area (TPSA) is 89.1 Å². The minimum Gasteiger partial charge on any atom is -0.486 e. The highest BCUT2D eigenvalue weighted by molar-refractivity contribution is 7.99. The highest BCUT2D eigenvalue weighted by atomic mass is 32.2. The molecule has 1 aromatic heterocycles. The van der Waals surface area contributed by atoms with Gasteiger partial charge in [0.15, 0.2) is 17.3 Å². The van der Waals surface area contributed by atoms with Crippen LogP contribution in [-0.2, 0) is 4.79 Å². The Balaban J connectivity index is 1.31. The number of benzene rings is 2. The molecule has 28 heavy (non-hydrogen) atoms. The molecule has 1 amide bonds. The Kier molecular flexibility index (Phi) is 5.48. The molecule has 0 saturated carbocycles. The normalized spacial score (nSPS) is 13.8. The van der Waals surface area contributed by atoms with Crippen LogP contribution in [0.1, 0.15) is 18.5 Å². The lowest BCUT2D eigenvalue weighted by molar-refractivity contribution is -0.119. The summed E-state index contributed by atoms with van der Waals surface area (Å²) in [4.78, 5) is 16.7. The van der Waals surface area contributed by atoms with Crippen LogP contribution in [0, 0.1) is 0 Å². The smallest absolute Gasteiger partial charge is 0.230 e. The zero-order valence-corrected chi connectivity index (χ0v) is 16.2. The van der Waals surface area contributed by atoms with E-state index in [4.69, 9.17) is 9.47 Å². The highest BCUT2D eigenvalue weighted by Crippen LogP contribution is 2.32. The number of carbonyl (C=O) groups excluding carboxylic acids is 1. The number of aromatic nitrogens is 3. The lowest BCUT2D eigenvalue weighted by atomic mass is 10.1. The number of hydrogen-bond acceptors (Lipinski definition) is 6. The average Bonchev–Trinajstić information content (AvgIpc) is 3.22. The molecular formula is C20H20N4O3S. The van der Waals surface area contributed by atoms with E-state index >= 15 is 0 Å². The first-order valence-electron chi connectivity index (χ1n) is 8.98. The summed E-state index contributed by atoms with van der Waals surface area (Å²) in [7, 11) is 0. The first kappa shape index (κ1) is 18.4. The molecule has 1 aliphatic rings. The summed E-state index contributed by atoms with van der Waals surface area (Å²) in [6.45, 7) is 3.03. The molecule has 0 radical (unpaired) electrons. The Labute approximate surface area is 166 Å². The third-order valence-corrected chi connectivity index (χ3v) is 5.14. The Hall–Kier alpha value is -3.00. The van der Waals surface area contributed by atoms with Crippen molar-refractivity contribution in [1.29, 1.82) is 0 Å². The number of rotatable bonds is 6. The van der Waals surface area contributed by atoms with E-state index in [0.29, 0.717) is 29.9 Å². The van der Waals surface area contributed by atoms with Crippen molar-refractivity contribution in [3.05, 3.63) is 54.1 Å². The lowest BCUT2D eigenvalue weighted by Gasteiger charge is -2.21. The van der Waals surface area contributed by atoms with E-state index in [1.165, 1.54) is 11.8 Å². The predicted octanol–water partition coefficient (Wildman–Crippen LogP) is 3.21. The molecule has 3 aromatic rings. The largest absolute Gasteiger partial charge is 0.486 e. The van der Waals surface area contributed by atoms with Gasteiger partial charge in [-0.2, -0.15) is 0 Å². The van der Waals surface area contributed by atoms with Gasteiger partial charge in [-0.25, -0.2) is 4.98 Å². The van der Waals surface area contributed by atoms with Crippen LogP contribution < -0.4 is 14.8 Å². The van der Waals surface area contributed by atoms with E-state index in [0.717, 1.165) is 16.9 Å². The van der Waals surface area contributed by atoms with Crippen molar-refractivity contribution < 1.29 is 14.3 Å². The number of ether oxygens (including phenoxy) is 2. The number of H-pyrrole nitrogens is 1. The van der Waals surface area contributed by atoms with Crippen molar-refractivity contribution in [2.45, 2.75) is 18.1 Å². The summed E-state index contributed by atoms with van der Waals surface area (Å²) in [5.74, 6) is 2.30. The number of thioether (sulfide) groups is 1. The summed E-state index contributed by atoms with van der Waals surface area (Å²) in [6.07, 6.45) is 0. The van der Waals surface area contributed by atoms with E-state index in [1.54, 1.807) is 0 Å². The van der Waals surface area contributed by atoms with Crippen molar-refractivity contribution in [2.24, 2.45) is 0 Å². The predicted molar refractivity (Wildman–Crippen MR) is 107 cm³/mol. The van der Waals surface area contributed by atoms with Crippen molar-refractivity contribution in [1.82, 2.24) is 20.5 Å². The third kappa shape index (κ3) is 4.28. The molecule has 0 saturated heterocycles. The number of aromatic amines is 1. The molecule has 7 nitrogen and oxygen atoms in total. The molecule has 0 fully saturated rings. The monoisotopic (exact) mass is 396 g/mol. The van der Waals surface area contributed by atoms with Gasteiger partial charge in [0.1, 0.15) is 13.2 Å². The third-order valence-electron chi connectivity index (χ3n) is 4.29. The van der Waals surface area contributed by atoms with Gasteiger partial charge in [0.25, 0.3) is 0 Å². The Morgan fingerprint density at radius 2 is 1.96 bits per heavy atom. The van der Waals surface area contributed by atoms with Gasteiger partial charge < -0.3 is 14.8 Å². The van der Waals surface area contributed by atoms with Gasteiger partial charge in [0, 0.05) is 5.56 Å². The molecule has 2 heterocycles. The van der Waals surface area contributed by atoms with Crippen LogP contribution in [0.2, 0.25) is 0 Å². The zero-order chi connectivity index (χ0) is 19.3. The van der Waals surface area contributed by atoms with Gasteiger partial charge >= 0.3 is 0 Å². The molecular weight excluding hydrogens is 376 g/mol. The Morgan fingerprint density at radius 1 is 1.18 bits per heavy atom. The zero-order valence-electron chi connectivity index (χ0n) is 15.3. The molecule has 1 atom stereocenters. The summed E-state index contributed by atoms with van der Waals surface area (Å²) in [6, 6.07) is 15.3. The number of nitrogens with zero attached hydrogens (tertiary/aromatic N) is 2. The van der Waals surface area contributed by atoms with Crippen LogP contribution in [0.5, 0.6) is 11.5 Å². The first-order chi connectivity index (χ1) is 13.7. The molecule has 4 rings (SSSR count). The second-order valence-corrected chi connectivity index (χ2v) is 7.26. The number of fused-ring (bicyclic) bond motifs is 1. The molecule has 0 unspecified atom stereocenters. The van der Waals surface area contributed by atoms with Gasteiger partial charge in [-0.15, -0.1) is 5.10 Å². The second-order valence-electron chi connectivity index (χ2n) is 6.31. The lowest BCUT2D eigenvalue weighted by Crippen LogP contribution is -2.28. The molecule has 0 bridgehead atoms. The molecule has 1 aliphatic heterocycles. The second kappa shape index (κ2) is 8.35. The maximum Gasteiger partial charge on any atom is 0.230 e. The highest BCUT2D eigenvalue weighted by Gasteiger charge is 2.16. The number of carbonyl (C=O) groups is 1. The molecule has 0 spiro atoms. The van der Waals surface area contributed by atoms with Gasteiger partial charge in [-0.05, 0) is 24.6 Å². The van der Waals surface area contributed by atoms with Gasteiger partial charge in [0.2, 0.25) is 11.1 Å². The van der Waals surface area contributed by atoms with Crippen molar-refractivity contribution in [3.63, 3.8) is 0 Å². The van der Waals surface area contributed by atoms with E-state index in [2.05, 4.69) is 20.5 Å². The standard InChI is InChI=1S/C20H20N4O3S/c1-13(15-7-8-16-17(11-15)27-10-9-26-16)21-18(25)12-28-20-22-19(23-24-20)14-5-3-2-4-6-14/h2-8,11,13H,9-10,12H2,1H3,(H,21,25)(H,22,23,24)/t13-/m1/s1. The summed E-state index contributed by atoms with van der Waals surface area (Å²) in [5.41, 5.74) is 1.92. The van der Waals surface area contributed by atoms with E-state index in [9.17, 15) is 4.79 Å². The van der Waals surface area contributed by atoms with Gasteiger partial charge in [0.05, 0.1) is 11.8 Å². The Morgan fingerprint density at radius 3 is 2.79 bits per heavy atom. The van der Waals surface area contributed by atoms with Crippen LogP contribution >= 0.6 is 11.8 Å². The summed E-state index contributed by atoms with van der Waals surface area (Å²) < 4.78 is 11.1. The summed E-state index contributed by atoms with van der Waals surface area (Å²) >= 11 is 1.29. The molecule has 2 N–H and O–H groups in total. The average molecular weight is 396 g/mol. The van der Waals surface area contributed by atoms with Crippen molar-refractivity contribution in [3.8, 4) is 22.9 Å². The molecule has 8 heteroatoms. The maximum atomic E-state index is 12.3. The van der Waals surface area contributed by atoms with E-state index < -0.39 is 0 Å². The summed E-state index contributed by atoms with van der Waals surface area (Å²) in [5, 5.41) is 10.6. The van der Waals surface area contributed by atoms with Crippen LogP contribution in [0.25, 0.3) is 11.4 Å². The van der Waals surface area contributed by atoms with Crippen molar-refractivity contribution in [2.75, 3.05) is 19.0 Å². The van der Waals surface area contributed by atoms with Crippen LogP contribution in [0.3, 0.4) is 0 Å². The van der Waals surface area contributed by atoms with E-state index in [1.807, 2.05) is 55.5 Å². The molecule has 2 aromatic carbocycles. The van der Waals surface area contributed by atoms with Crippen LogP contribution in [0.4, 0.5) is 0 Å². The fraction of sp³-hybridized carbons (Fsp3) is 0.250. The Bertz CT molecular complexity index is 961. The SMILES string of the molecule is C[C@@H](NC(=O)CSc1n[nH]c(-c2ccccc2)n1)c1ccc2c(c1)OCCO2. The minimum atomic E-state index is -0.143. The van der Waals surface area contributed by atoms with Crippen LogP contribution in [0.15, 0.2) is 53.7 Å². The van der Waals surface area contributed by atoms with Crippen LogP contribution in [-0.4, -0.2) is 40.1 Å². The molecule has 0 aliphatic carbocycles. The first-order valence-corrected chi connectivity index (χ1v) is 9.97. The van der Waals surface area contributed by atoms with Gasteiger partial charge in [-0.1, -0.05) is 48.2 Å². The van der Waals surface area contributed by atoms with Gasteiger partial charge in [-0.3, -0.25) is 9.89 Å². The number of amides is 1. The fourth-order valence-corrected chi connectivity index (χ4v) is 3.47. The number of hydrogen-bond donors (Lipinski definition) is 2. The van der Waals surface area contributed by atoms with Crippen molar-refractivity contribution >= 4 is 17.7 Å². The maximum absolute atomic E-state index is 12.3. The fourth-order valence-electron chi connectivity index (χ4n) is 2.86. The quantitative estimate of drug-likeness (QED) is 0.622. The molecule has 144 valence electrons. The van der Waals surface area contributed by atoms with E-state index in [-0.39, 0.29) is 17.7 Å². The minimum absolute atomic E-state index is 0.0848. The number of nitrogens with one attached hydrogen (secondary N) is 2.